The van der Waals surface area contributed by atoms with Crippen molar-refractivity contribution in [3.63, 3.8) is 0 Å². The van der Waals surface area contributed by atoms with Crippen LogP contribution in [0, 0.1) is 0 Å². The van der Waals surface area contributed by atoms with Gasteiger partial charge < -0.3 is 20.5 Å². The Balaban J connectivity index is 0.00000288. The molecule has 0 fully saturated rings. The van der Waals surface area contributed by atoms with E-state index in [0.717, 1.165) is 11.1 Å². The molecule has 5 nitrogen and oxygen atoms in total. The van der Waals surface area contributed by atoms with E-state index in [0.29, 0.717) is 36.8 Å². The lowest BCUT2D eigenvalue weighted by Crippen LogP contribution is -2.22. The van der Waals surface area contributed by atoms with Crippen molar-refractivity contribution in [3.05, 3.63) is 59.2 Å². The molecular formula is C18H23ClN2O3. The molecule has 0 bridgehead atoms. The van der Waals surface area contributed by atoms with Crippen LogP contribution in [0.1, 0.15) is 28.4 Å². The van der Waals surface area contributed by atoms with Crippen molar-refractivity contribution in [1.29, 1.82) is 0 Å². The first kappa shape index (κ1) is 19.8. The Morgan fingerprint density at radius 3 is 2.33 bits per heavy atom. The van der Waals surface area contributed by atoms with Crippen LogP contribution in [0.25, 0.3) is 0 Å². The highest BCUT2D eigenvalue weighted by Gasteiger charge is 2.08. The van der Waals surface area contributed by atoms with Gasteiger partial charge in [-0.05, 0) is 42.3 Å². The summed E-state index contributed by atoms with van der Waals surface area (Å²) in [6, 6.07) is 12.9. The molecule has 0 saturated heterocycles. The maximum atomic E-state index is 12.2. The number of nitrogens with one attached hydrogen (secondary N) is 1. The van der Waals surface area contributed by atoms with Crippen LogP contribution >= 0.6 is 12.4 Å². The van der Waals surface area contributed by atoms with Gasteiger partial charge in [-0.15, -0.1) is 12.4 Å². The third-order valence-electron chi connectivity index (χ3n) is 3.43. The van der Waals surface area contributed by atoms with E-state index in [4.69, 9.17) is 15.2 Å². The van der Waals surface area contributed by atoms with Crippen molar-refractivity contribution in [1.82, 2.24) is 5.32 Å². The highest BCUT2D eigenvalue weighted by molar-refractivity contribution is 5.94. The summed E-state index contributed by atoms with van der Waals surface area (Å²) in [4.78, 5) is 12.2. The highest BCUT2D eigenvalue weighted by Crippen LogP contribution is 2.28. The Bertz CT molecular complexity index is 660. The van der Waals surface area contributed by atoms with E-state index in [1.165, 1.54) is 0 Å². The fourth-order valence-corrected chi connectivity index (χ4v) is 2.18. The number of hydrogen-bond acceptors (Lipinski definition) is 4. The molecule has 3 N–H and O–H groups in total. The minimum absolute atomic E-state index is 0. The molecule has 24 heavy (non-hydrogen) atoms. The van der Waals surface area contributed by atoms with Gasteiger partial charge in [0.05, 0.1) is 13.7 Å². The lowest BCUT2D eigenvalue weighted by molar-refractivity contribution is 0.0951. The monoisotopic (exact) mass is 350 g/mol. The minimum Gasteiger partial charge on any atom is -0.493 e. The Morgan fingerprint density at radius 1 is 1.08 bits per heavy atom. The van der Waals surface area contributed by atoms with Gasteiger partial charge in [-0.25, -0.2) is 0 Å². The van der Waals surface area contributed by atoms with Gasteiger partial charge in [0.1, 0.15) is 0 Å². The van der Waals surface area contributed by atoms with E-state index in [1.54, 1.807) is 19.2 Å². The smallest absolute Gasteiger partial charge is 0.251 e. The second-order valence-corrected chi connectivity index (χ2v) is 5.00. The molecule has 0 saturated carbocycles. The fraction of sp³-hybridized carbons (Fsp3) is 0.278. The summed E-state index contributed by atoms with van der Waals surface area (Å²) in [5.74, 6) is 1.23. The van der Waals surface area contributed by atoms with E-state index >= 15 is 0 Å². The molecule has 0 aliphatic rings. The third kappa shape index (κ3) is 5.15. The van der Waals surface area contributed by atoms with Crippen LogP contribution in [0.5, 0.6) is 11.5 Å². The molecule has 130 valence electrons. The Kier molecular flexibility index (Phi) is 8.09. The lowest BCUT2D eigenvalue weighted by atomic mass is 10.1. The molecule has 0 spiro atoms. The van der Waals surface area contributed by atoms with Crippen LogP contribution in [-0.4, -0.2) is 19.6 Å². The van der Waals surface area contributed by atoms with Crippen LogP contribution in [0.4, 0.5) is 0 Å². The van der Waals surface area contributed by atoms with Crippen LogP contribution in [0.15, 0.2) is 42.5 Å². The molecule has 0 aliphatic heterocycles. The van der Waals surface area contributed by atoms with Gasteiger partial charge in [-0.2, -0.15) is 0 Å². The van der Waals surface area contributed by atoms with Gasteiger partial charge in [0.2, 0.25) is 0 Å². The largest absolute Gasteiger partial charge is 0.493 e. The number of carbonyl (C=O) groups excluding carboxylic acids is 1. The summed E-state index contributed by atoms with van der Waals surface area (Å²) in [7, 11) is 1.60. The minimum atomic E-state index is -0.123. The van der Waals surface area contributed by atoms with Gasteiger partial charge in [-0.3, -0.25) is 4.79 Å². The summed E-state index contributed by atoms with van der Waals surface area (Å²) in [5, 5.41) is 2.89. The molecule has 2 aromatic carbocycles. The fourth-order valence-electron chi connectivity index (χ4n) is 2.18. The summed E-state index contributed by atoms with van der Waals surface area (Å²) in [6.45, 7) is 3.36. The summed E-state index contributed by atoms with van der Waals surface area (Å²) in [6.07, 6.45) is 0. The van der Waals surface area contributed by atoms with Crippen molar-refractivity contribution in [2.75, 3.05) is 13.7 Å². The molecule has 2 rings (SSSR count). The molecule has 0 radical (unpaired) electrons. The van der Waals surface area contributed by atoms with Crippen molar-refractivity contribution in [2.45, 2.75) is 20.0 Å². The molecule has 2 aromatic rings. The highest BCUT2D eigenvalue weighted by atomic mass is 35.5. The predicted octanol–water partition coefficient (Wildman–Crippen LogP) is 2.90. The number of benzene rings is 2. The lowest BCUT2D eigenvalue weighted by Gasteiger charge is -2.12. The van der Waals surface area contributed by atoms with Crippen LogP contribution < -0.4 is 20.5 Å². The molecule has 0 aromatic heterocycles. The summed E-state index contributed by atoms with van der Waals surface area (Å²) < 4.78 is 10.8. The van der Waals surface area contributed by atoms with Crippen LogP contribution in [0.2, 0.25) is 0 Å². The van der Waals surface area contributed by atoms with E-state index in [1.807, 2.05) is 37.3 Å². The maximum absolute atomic E-state index is 12.2. The molecule has 0 heterocycles. The maximum Gasteiger partial charge on any atom is 0.251 e. The molecule has 0 unspecified atom stereocenters. The average Bonchev–Trinajstić information content (AvgIpc) is 2.60. The third-order valence-corrected chi connectivity index (χ3v) is 3.43. The first-order valence-corrected chi connectivity index (χ1v) is 7.54. The van der Waals surface area contributed by atoms with Gasteiger partial charge in [0, 0.05) is 18.7 Å². The zero-order valence-electron chi connectivity index (χ0n) is 13.9. The van der Waals surface area contributed by atoms with Crippen molar-refractivity contribution in [2.24, 2.45) is 5.73 Å². The quantitative estimate of drug-likeness (QED) is 0.805. The van der Waals surface area contributed by atoms with Crippen molar-refractivity contribution in [3.8, 4) is 11.5 Å². The molecule has 6 heteroatoms. The normalized spacial score (nSPS) is 9.79. The number of methoxy groups -OCH3 is 1. The van der Waals surface area contributed by atoms with E-state index in [9.17, 15) is 4.79 Å². The van der Waals surface area contributed by atoms with E-state index < -0.39 is 0 Å². The van der Waals surface area contributed by atoms with E-state index in [-0.39, 0.29) is 18.3 Å². The number of rotatable bonds is 7. The van der Waals surface area contributed by atoms with Gasteiger partial charge in [0.15, 0.2) is 11.5 Å². The standard InChI is InChI=1S/C18H22N2O3.ClH/c1-3-23-17-10-14(6-9-16(17)22-2)12-20-18(21)15-7-4-13(11-19)5-8-15;/h4-10H,3,11-12,19H2,1-2H3,(H,20,21);1H. The molecular weight excluding hydrogens is 328 g/mol. The SMILES string of the molecule is CCOc1cc(CNC(=O)c2ccc(CN)cc2)ccc1OC.Cl. The second kappa shape index (κ2) is 9.80. The second-order valence-electron chi connectivity index (χ2n) is 5.00. The number of carbonyl (C=O) groups is 1. The Labute approximate surface area is 148 Å². The van der Waals surface area contributed by atoms with Crippen LogP contribution in [0.3, 0.4) is 0 Å². The van der Waals surface area contributed by atoms with Gasteiger partial charge in [0.25, 0.3) is 5.91 Å². The number of hydrogen-bond donors (Lipinski definition) is 2. The predicted molar refractivity (Wildman–Crippen MR) is 96.9 cm³/mol. The topological polar surface area (TPSA) is 73.6 Å². The number of halogens is 1. The van der Waals surface area contributed by atoms with Crippen LogP contribution in [-0.2, 0) is 13.1 Å². The summed E-state index contributed by atoms with van der Waals surface area (Å²) >= 11 is 0. The summed E-state index contributed by atoms with van der Waals surface area (Å²) in [5.41, 5.74) is 8.11. The molecule has 0 atom stereocenters. The van der Waals surface area contributed by atoms with Crippen molar-refractivity contribution < 1.29 is 14.3 Å². The average molecular weight is 351 g/mol. The first-order chi connectivity index (χ1) is 11.2. The number of nitrogens with two attached hydrogens (primary N) is 1. The van der Waals surface area contributed by atoms with Crippen molar-refractivity contribution >= 4 is 18.3 Å². The Hall–Kier alpha value is -2.24. The molecule has 1 amide bonds. The first-order valence-electron chi connectivity index (χ1n) is 7.54. The number of ether oxygens (including phenoxy) is 2. The zero-order valence-corrected chi connectivity index (χ0v) is 14.7. The van der Waals surface area contributed by atoms with E-state index in [2.05, 4.69) is 5.32 Å². The molecule has 0 aliphatic carbocycles. The van der Waals surface area contributed by atoms with Gasteiger partial charge in [-0.1, -0.05) is 18.2 Å². The van der Waals surface area contributed by atoms with Gasteiger partial charge >= 0.3 is 0 Å². The number of amides is 1. The zero-order chi connectivity index (χ0) is 16.7. The Morgan fingerprint density at radius 2 is 1.75 bits per heavy atom.